The average Bonchev–Trinajstić information content (AvgIpc) is 3.22. The lowest BCUT2D eigenvalue weighted by atomic mass is 10.0. The van der Waals surface area contributed by atoms with Crippen molar-refractivity contribution in [3.05, 3.63) is 84.8 Å². The van der Waals surface area contributed by atoms with E-state index in [-0.39, 0.29) is 0 Å². The molecule has 0 radical (unpaired) electrons. The number of benzene rings is 2. The SMILES string of the molecule is COc1ccc(-c2cccc(-c3ccn(Cc4ccccn4)n3)c2)c(OC)c1. The third kappa shape index (κ3) is 3.74. The molecule has 5 heteroatoms. The monoisotopic (exact) mass is 371 g/mol. The molecule has 5 nitrogen and oxygen atoms in total. The number of rotatable bonds is 6. The molecule has 28 heavy (non-hydrogen) atoms. The van der Waals surface area contributed by atoms with Crippen LogP contribution < -0.4 is 9.47 Å². The van der Waals surface area contributed by atoms with Gasteiger partial charge in [-0.05, 0) is 42.0 Å². The minimum absolute atomic E-state index is 0.646. The summed E-state index contributed by atoms with van der Waals surface area (Å²) in [6.45, 7) is 0.646. The van der Waals surface area contributed by atoms with Crippen LogP contribution in [-0.4, -0.2) is 29.0 Å². The van der Waals surface area contributed by atoms with Crippen molar-refractivity contribution >= 4 is 0 Å². The number of ether oxygens (including phenoxy) is 2. The van der Waals surface area contributed by atoms with Gasteiger partial charge in [0.25, 0.3) is 0 Å². The maximum absolute atomic E-state index is 5.55. The predicted molar refractivity (Wildman–Crippen MR) is 110 cm³/mol. The summed E-state index contributed by atoms with van der Waals surface area (Å²) < 4.78 is 12.7. The summed E-state index contributed by atoms with van der Waals surface area (Å²) in [4.78, 5) is 4.36. The number of nitrogens with zero attached hydrogens (tertiary/aromatic N) is 3. The molecule has 0 atom stereocenters. The Morgan fingerprint density at radius 2 is 1.75 bits per heavy atom. The molecule has 4 aromatic rings. The Morgan fingerprint density at radius 3 is 2.54 bits per heavy atom. The predicted octanol–water partition coefficient (Wildman–Crippen LogP) is 4.68. The van der Waals surface area contributed by atoms with Gasteiger partial charge in [-0.2, -0.15) is 5.10 Å². The van der Waals surface area contributed by atoms with Crippen LogP contribution >= 0.6 is 0 Å². The van der Waals surface area contributed by atoms with E-state index in [2.05, 4.69) is 23.2 Å². The third-order valence-corrected chi connectivity index (χ3v) is 4.57. The van der Waals surface area contributed by atoms with E-state index in [4.69, 9.17) is 14.6 Å². The van der Waals surface area contributed by atoms with Crippen LogP contribution in [0.25, 0.3) is 22.4 Å². The highest BCUT2D eigenvalue weighted by Crippen LogP contribution is 2.34. The van der Waals surface area contributed by atoms with Crippen molar-refractivity contribution in [2.45, 2.75) is 6.54 Å². The zero-order chi connectivity index (χ0) is 19.3. The molecule has 0 saturated heterocycles. The van der Waals surface area contributed by atoms with Gasteiger partial charge in [-0.1, -0.05) is 24.3 Å². The summed E-state index contributed by atoms with van der Waals surface area (Å²) in [6, 6.07) is 22.0. The Bertz CT molecular complexity index is 1070. The molecule has 0 bridgehead atoms. The zero-order valence-electron chi connectivity index (χ0n) is 15.9. The Morgan fingerprint density at radius 1 is 0.857 bits per heavy atom. The van der Waals surface area contributed by atoms with Crippen molar-refractivity contribution in [3.8, 4) is 33.9 Å². The second-order valence-electron chi connectivity index (χ2n) is 6.37. The van der Waals surface area contributed by atoms with Crippen LogP contribution in [0.1, 0.15) is 5.69 Å². The van der Waals surface area contributed by atoms with Crippen LogP contribution in [0.4, 0.5) is 0 Å². The summed E-state index contributed by atoms with van der Waals surface area (Å²) in [5.41, 5.74) is 5.03. The van der Waals surface area contributed by atoms with Gasteiger partial charge in [-0.3, -0.25) is 9.67 Å². The smallest absolute Gasteiger partial charge is 0.130 e. The molecule has 2 aromatic heterocycles. The van der Waals surface area contributed by atoms with E-state index in [0.29, 0.717) is 6.54 Å². The van der Waals surface area contributed by atoms with Crippen molar-refractivity contribution in [1.29, 1.82) is 0 Å². The standard InChI is InChI=1S/C23H21N3O2/c1-27-20-9-10-21(23(15-20)28-2)17-6-5-7-18(14-17)22-11-13-26(25-22)16-19-8-3-4-12-24-19/h3-15H,16H2,1-2H3. The third-order valence-electron chi connectivity index (χ3n) is 4.57. The zero-order valence-corrected chi connectivity index (χ0v) is 15.9. The van der Waals surface area contributed by atoms with Gasteiger partial charge in [-0.15, -0.1) is 0 Å². The molecule has 0 aliphatic rings. The van der Waals surface area contributed by atoms with Crippen molar-refractivity contribution in [2.75, 3.05) is 14.2 Å². The molecule has 140 valence electrons. The molecule has 0 saturated carbocycles. The van der Waals surface area contributed by atoms with E-state index in [9.17, 15) is 0 Å². The first-order chi connectivity index (χ1) is 13.8. The largest absolute Gasteiger partial charge is 0.497 e. The summed E-state index contributed by atoms with van der Waals surface area (Å²) in [5, 5.41) is 4.71. The van der Waals surface area contributed by atoms with E-state index in [0.717, 1.165) is 39.6 Å². The summed E-state index contributed by atoms with van der Waals surface area (Å²) in [5.74, 6) is 1.54. The lowest BCUT2D eigenvalue weighted by Crippen LogP contribution is -2.01. The van der Waals surface area contributed by atoms with Gasteiger partial charge in [0, 0.05) is 29.6 Å². The second kappa shape index (κ2) is 7.96. The van der Waals surface area contributed by atoms with Crippen LogP contribution in [-0.2, 0) is 6.54 Å². The van der Waals surface area contributed by atoms with Gasteiger partial charge in [0.15, 0.2) is 0 Å². The van der Waals surface area contributed by atoms with Crippen LogP contribution in [0.3, 0.4) is 0 Å². The highest BCUT2D eigenvalue weighted by atomic mass is 16.5. The molecule has 0 N–H and O–H groups in total. The first-order valence-electron chi connectivity index (χ1n) is 9.03. The number of aromatic nitrogens is 3. The number of pyridine rings is 1. The molecule has 0 aliphatic heterocycles. The average molecular weight is 371 g/mol. The van der Waals surface area contributed by atoms with Gasteiger partial charge in [0.1, 0.15) is 11.5 Å². The maximum atomic E-state index is 5.55. The fraction of sp³-hybridized carbons (Fsp3) is 0.130. The molecule has 0 aliphatic carbocycles. The number of hydrogen-bond acceptors (Lipinski definition) is 4. The first kappa shape index (κ1) is 17.8. The molecule has 0 unspecified atom stereocenters. The highest BCUT2D eigenvalue weighted by Gasteiger charge is 2.10. The van der Waals surface area contributed by atoms with Gasteiger partial charge >= 0.3 is 0 Å². The Kier molecular flexibility index (Phi) is 5.06. The number of methoxy groups -OCH3 is 2. The van der Waals surface area contributed by atoms with E-state index < -0.39 is 0 Å². The Labute approximate surface area is 164 Å². The van der Waals surface area contributed by atoms with E-state index in [1.807, 2.05) is 59.4 Å². The lowest BCUT2D eigenvalue weighted by Gasteiger charge is -2.11. The van der Waals surface area contributed by atoms with Crippen LogP contribution in [0.2, 0.25) is 0 Å². The summed E-state index contributed by atoms with van der Waals surface area (Å²) in [6.07, 6.45) is 3.77. The van der Waals surface area contributed by atoms with Gasteiger partial charge in [-0.25, -0.2) is 0 Å². The minimum Gasteiger partial charge on any atom is -0.497 e. The molecular formula is C23H21N3O2. The topological polar surface area (TPSA) is 49.2 Å². The highest BCUT2D eigenvalue weighted by molar-refractivity contribution is 5.76. The Balaban J connectivity index is 1.63. The first-order valence-corrected chi connectivity index (χ1v) is 9.03. The molecule has 2 aromatic carbocycles. The maximum Gasteiger partial charge on any atom is 0.130 e. The summed E-state index contributed by atoms with van der Waals surface area (Å²) in [7, 11) is 3.32. The Hall–Kier alpha value is -3.60. The van der Waals surface area contributed by atoms with Gasteiger partial charge < -0.3 is 9.47 Å². The van der Waals surface area contributed by atoms with E-state index in [1.165, 1.54) is 0 Å². The van der Waals surface area contributed by atoms with Crippen LogP contribution in [0.15, 0.2) is 79.1 Å². The molecule has 0 spiro atoms. The molecule has 4 rings (SSSR count). The second-order valence-corrected chi connectivity index (χ2v) is 6.37. The number of hydrogen-bond donors (Lipinski definition) is 0. The quantitative estimate of drug-likeness (QED) is 0.494. The molecule has 2 heterocycles. The van der Waals surface area contributed by atoms with Crippen molar-refractivity contribution in [1.82, 2.24) is 14.8 Å². The van der Waals surface area contributed by atoms with Gasteiger partial charge in [0.2, 0.25) is 0 Å². The van der Waals surface area contributed by atoms with Crippen molar-refractivity contribution in [3.63, 3.8) is 0 Å². The van der Waals surface area contributed by atoms with Crippen molar-refractivity contribution < 1.29 is 9.47 Å². The van der Waals surface area contributed by atoms with Gasteiger partial charge in [0.05, 0.1) is 32.2 Å². The molecule has 0 fully saturated rings. The van der Waals surface area contributed by atoms with E-state index in [1.54, 1.807) is 20.4 Å². The van der Waals surface area contributed by atoms with Crippen molar-refractivity contribution in [2.24, 2.45) is 0 Å². The fourth-order valence-corrected chi connectivity index (χ4v) is 3.14. The van der Waals surface area contributed by atoms with Crippen LogP contribution in [0.5, 0.6) is 11.5 Å². The molecule has 0 amide bonds. The fourth-order valence-electron chi connectivity index (χ4n) is 3.14. The molecular weight excluding hydrogens is 350 g/mol. The minimum atomic E-state index is 0.646. The lowest BCUT2D eigenvalue weighted by molar-refractivity contribution is 0.395. The van der Waals surface area contributed by atoms with E-state index >= 15 is 0 Å². The normalized spacial score (nSPS) is 10.6. The summed E-state index contributed by atoms with van der Waals surface area (Å²) >= 11 is 0. The van der Waals surface area contributed by atoms with Crippen LogP contribution in [0, 0.1) is 0 Å².